The molecule has 0 saturated carbocycles. The summed E-state index contributed by atoms with van der Waals surface area (Å²) in [4.78, 5) is 15.5. The van der Waals surface area contributed by atoms with Gasteiger partial charge in [0.05, 0.1) is 0 Å². The summed E-state index contributed by atoms with van der Waals surface area (Å²) in [6.07, 6.45) is 1.32. The lowest BCUT2D eigenvalue weighted by Crippen LogP contribution is -2.08. The topological polar surface area (TPSA) is 76.7 Å². The van der Waals surface area contributed by atoms with Crippen LogP contribution in [0.3, 0.4) is 0 Å². The van der Waals surface area contributed by atoms with Gasteiger partial charge in [-0.1, -0.05) is 30.3 Å². The first-order valence-electron chi connectivity index (χ1n) is 6.09. The van der Waals surface area contributed by atoms with Crippen molar-refractivity contribution in [3.05, 3.63) is 57.6 Å². The molecular formula is C14H10IN3O3. The lowest BCUT2D eigenvalue weighted by Gasteiger charge is -2.11. The molecule has 2 aromatic heterocycles. The Morgan fingerprint density at radius 3 is 2.81 bits per heavy atom. The molecule has 0 fully saturated rings. The zero-order chi connectivity index (χ0) is 14.8. The standard InChI is InChI=1S/C14H10IN3O3/c15-11-6-10(21-7-9-4-2-1-3-5-9)12(14(19)20)13-16-8-17-18(11)13/h1-6,8H,7H2,(H,19,20). The highest BCUT2D eigenvalue weighted by molar-refractivity contribution is 14.1. The number of benzene rings is 1. The Morgan fingerprint density at radius 1 is 1.33 bits per heavy atom. The van der Waals surface area contributed by atoms with Gasteiger partial charge in [0.1, 0.15) is 27.9 Å². The van der Waals surface area contributed by atoms with Gasteiger partial charge in [-0.15, -0.1) is 0 Å². The van der Waals surface area contributed by atoms with Crippen molar-refractivity contribution in [1.29, 1.82) is 0 Å². The van der Waals surface area contributed by atoms with E-state index in [2.05, 4.69) is 32.7 Å². The van der Waals surface area contributed by atoms with Crippen molar-refractivity contribution in [1.82, 2.24) is 14.6 Å². The molecule has 0 saturated heterocycles. The fourth-order valence-electron chi connectivity index (χ4n) is 1.97. The summed E-state index contributed by atoms with van der Waals surface area (Å²) in [5, 5.41) is 13.4. The highest BCUT2D eigenvalue weighted by atomic mass is 127. The van der Waals surface area contributed by atoms with Crippen LogP contribution in [0.15, 0.2) is 42.7 Å². The molecule has 0 aliphatic rings. The van der Waals surface area contributed by atoms with Gasteiger partial charge in [-0.25, -0.2) is 14.3 Å². The molecule has 2 heterocycles. The molecule has 0 amide bonds. The summed E-state index contributed by atoms with van der Waals surface area (Å²) < 4.78 is 7.88. The zero-order valence-corrected chi connectivity index (χ0v) is 12.9. The maximum atomic E-state index is 11.5. The molecule has 0 aliphatic heterocycles. The molecule has 21 heavy (non-hydrogen) atoms. The molecule has 7 heteroatoms. The van der Waals surface area contributed by atoms with Crippen LogP contribution in [-0.4, -0.2) is 25.7 Å². The second-order valence-electron chi connectivity index (χ2n) is 4.28. The van der Waals surface area contributed by atoms with E-state index in [4.69, 9.17) is 4.74 Å². The molecule has 3 rings (SSSR count). The number of aromatic carboxylic acids is 1. The van der Waals surface area contributed by atoms with Crippen molar-refractivity contribution >= 4 is 34.2 Å². The van der Waals surface area contributed by atoms with E-state index in [1.54, 1.807) is 6.07 Å². The van der Waals surface area contributed by atoms with Gasteiger partial charge in [0.2, 0.25) is 0 Å². The number of fused-ring (bicyclic) bond motifs is 1. The number of aromatic nitrogens is 3. The molecular weight excluding hydrogens is 385 g/mol. The predicted molar refractivity (Wildman–Crippen MR) is 83.4 cm³/mol. The highest BCUT2D eigenvalue weighted by Gasteiger charge is 2.20. The molecule has 3 aromatic rings. The number of hydrogen-bond acceptors (Lipinski definition) is 4. The van der Waals surface area contributed by atoms with Gasteiger partial charge in [0, 0.05) is 6.07 Å². The van der Waals surface area contributed by atoms with Crippen LogP contribution in [0, 0.1) is 3.70 Å². The van der Waals surface area contributed by atoms with Gasteiger partial charge >= 0.3 is 5.97 Å². The minimum Gasteiger partial charge on any atom is -0.488 e. The van der Waals surface area contributed by atoms with Crippen molar-refractivity contribution in [2.24, 2.45) is 0 Å². The Balaban J connectivity index is 2.01. The number of halogens is 1. The number of carboxylic acids is 1. The fourth-order valence-corrected chi connectivity index (χ4v) is 2.61. The number of nitrogens with zero attached hydrogens (tertiary/aromatic N) is 3. The SMILES string of the molecule is O=C(O)c1c(OCc2ccccc2)cc(I)n2ncnc12. The Hall–Kier alpha value is -2.16. The van der Waals surface area contributed by atoms with E-state index in [-0.39, 0.29) is 17.0 Å². The van der Waals surface area contributed by atoms with E-state index in [0.717, 1.165) is 9.26 Å². The van der Waals surface area contributed by atoms with Crippen LogP contribution in [0.5, 0.6) is 5.75 Å². The van der Waals surface area contributed by atoms with Gasteiger partial charge in [0.25, 0.3) is 0 Å². The van der Waals surface area contributed by atoms with Crippen molar-refractivity contribution in [3.63, 3.8) is 0 Å². The third kappa shape index (κ3) is 2.68. The molecule has 0 unspecified atom stereocenters. The maximum Gasteiger partial charge on any atom is 0.343 e. The van der Waals surface area contributed by atoms with Crippen molar-refractivity contribution < 1.29 is 14.6 Å². The molecule has 1 N–H and O–H groups in total. The summed E-state index contributed by atoms with van der Waals surface area (Å²) in [6.45, 7) is 0.293. The lowest BCUT2D eigenvalue weighted by molar-refractivity contribution is 0.0693. The highest BCUT2D eigenvalue weighted by Crippen LogP contribution is 2.26. The largest absolute Gasteiger partial charge is 0.488 e. The zero-order valence-electron chi connectivity index (χ0n) is 10.7. The van der Waals surface area contributed by atoms with Crippen LogP contribution >= 0.6 is 22.6 Å². The predicted octanol–water partition coefficient (Wildman–Crippen LogP) is 2.61. The maximum absolute atomic E-state index is 11.5. The number of carboxylic acid groups (broad SMARTS) is 1. The van der Waals surface area contributed by atoms with Gasteiger partial charge in [0.15, 0.2) is 5.65 Å². The summed E-state index contributed by atoms with van der Waals surface area (Å²) in [7, 11) is 0. The Labute approximate surface area is 133 Å². The molecule has 0 spiro atoms. The number of hydrogen-bond donors (Lipinski definition) is 1. The average molecular weight is 395 g/mol. The molecule has 0 atom stereocenters. The van der Waals surface area contributed by atoms with Gasteiger partial charge in [-0.3, -0.25) is 0 Å². The minimum absolute atomic E-state index is 0.0175. The summed E-state index contributed by atoms with van der Waals surface area (Å²) in [5.74, 6) is -0.802. The van der Waals surface area contributed by atoms with E-state index < -0.39 is 5.97 Å². The Bertz CT molecular complexity index is 802. The fraction of sp³-hybridized carbons (Fsp3) is 0.0714. The molecule has 6 nitrogen and oxygen atoms in total. The van der Waals surface area contributed by atoms with Gasteiger partial charge in [-0.05, 0) is 28.2 Å². The minimum atomic E-state index is -1.09. The van der Waals surface area contributed by atoms with Crippen LogP contribution in [0.25, 0.3) is 5.65 Å². The van der Waals surface area contributed by atoms with E-state index in [1.165, 1.54) is 10.8 Å². The first-order chi connectivity index (χ1) is 10.2. The van der Waals surface area contributed by atoms with E-state index in [0.29, 0.717) is 6.61 Å². The average Bonchev–Trinajstić information content (AvgIpc) is 2.95. The Morgan fingerprint density at radius 2 is 2.10 bits per heavy atom. The number of rotatable bonds is 4. The molecule has 0 bridgehead atoms. The second kappa shape index (κ2) is 5.68. The first kappa shape index (κ1) is 13.8. The van der Waals surface area contributed by atoms with Crippen LogP contribution in [0.2, 0.25) is 0 Å². The number of carbonyl (C=O) groups is 1. The van der Waals surface area contributed by atoms with E-state index in [9.17, 15) is 9.90 Å². The van der Waals surface area contributed by atoms with Gasteiger partial charge < -0.3 is 9.84 Å². The molecule has 106 valence electrons. The van der Waals surface area contributed by atoms with E-state index in [1.807, 2.05) is 30.3 Å². The molecule has 0 radical (unpaired) electrons. The van der Waals surface area contributed by atoms with Crippen LogP contribution < -0.4 is 4.74 Å². The normalized spacial score (nSPS) is 10.7. The third-order valence-electron chi connectivity index (χ3n) is 2.92. The monoisotopic (exact) mass is 395 g/mol. The van der Waals surface area contributed by atoms with Crippen molar-refractivity contribution in [2.45, 2.75) is 6.61 Å². The van der Waals surface area contributed by atoms with Crippen LogP contribution in [0.1, 0.15) is 15.9 Å². The summed E-state index contributed by atoms with van der Waals surface area (Å²) in [6, 6.07) is 11.2. The molecule has 0 aliphatic carbocycles. The van der Waals surface area contributed by atoms with Crippen molar-refractivity contribution in [3.8, 4) is 5.75 Å². The second-order valence-corrected chi connectivity index (χ2v) is 5.39. The quantitative estimate of drug-likeness (QED) is 0.543. The first-order valence-corrected chi connectivity index (χ1v) is 7.17. The number of ether oxygens (including phenoxy) is 1. The summed E-state index contributed by atoms with van der Waals surface area (Å²) in [5.41, 5.74) is 1.26. The Kier molecular flexibility index (Phi) is 3.74. The molecule has 1 aromatic carbocycles. The van der Waals surface area contributed by atoms with Crippen LogP contribution in [0.4, 0.5) is 0 Å². The summed E-state index contributed by atoms with van der Waals surface area (Å²) >= 11 is 2.06. The smallest absolute Gasteiger partial charge is 0.343 e. The van der Waals surface area contributed by atoms with Gasteiger partial charge in [-0.2, -0.15) is 5.10 Å². The van der Waals surface area contributed by atoms with E-state index >= 15 is 0 Å². The lowest BCUT2D eigenvalue weighted by atomic mass is 10.2. The third-order valence-corrected chi connectivity index (χ3v) is 3.69. The van der Waals surface area contributed by atoms with Crippen molar-refractivity contribution in [2.75, 3.05) is 0 Å². The van der Waals surface area contributed by atoms with Crippen LogP contribution in [-0.2, 0) is 6.61 Å². The number of pyridine rings is 1.